The van der Waals surface area contributed by atoms with E-state index in [0.717, 1.165) is 14.9 Å². The molecule has 1 aromatic heterocycles. The van der Waals surface area contributed by atoms with Gasteiger partial charge in [-0.1, -0.05) is 46.3 Å². The minimum absolute atomic E-state index is 0.0351. The minimum atomic E-state index is -0.0351. The molecule has 0 unspecified atom stereocenters. The van der Waals surface area contributed by atoms with Gasteiger partial charge in [-0.05, 0) is 29.8 Å². The zero-order valence-electron chi connectivity index (χ0n) is 12.9. The summed E-state index contributed by atoms with van der Waals surface area (Å²) >= 11 is 4.94. The molecule has 122 valence electrons. The topological polar surface area (TPSA) is 46.9 Å². The van der Waals surface area contributed by atoms with Crippen LogP contribution >= 0.6 is 27.7 Å². The maximum Gasteiger partial charge on any atom is 0.234 e. The zero-order chi connectivity index (χ0) is 16.8. The quantitative estimate of drug-likeness (QED) is 0.621. The average Bonchev–Trinajstić information content (AvgIpc) is 3.03. The van der Waals surface area contributed by atoms with Crippen molar-refractivity contribution in [2.45, 2.75) is 11.4 Å². The Labute approximate surface area is 153 Å². The van der Waals surface area contributed by atoms with E-state index in [1.807, 2.05) is 65.5 Å². The summed E-state index contributed by atoms with van der Waals surface area (Å²) in [5.74, 6) is 0.342. The number of halogens is 1. The van der Waals surface area contributed by atoms with Gasteiger partial charge in [0.1, 0.15) is 0 Å². The number of carbonyl (C=O) groups excluding carboxylic acids is 1. The van der Waals surface area contributed by atoms with Gasteiger partial charge in [0.05, 0.1) is 24.2 Å². The van der Waals surface area contributed by atoms with Crippen molar-refractivity contribution in [3.63, 3.8) is 0 Å². The number of benzene rings is 2. The molecule has 1 heterocycles. The van der Waals surface area contributed by atoms with Gasteiger partial charge in [0.15, 0.2) is 0 Å². The summed E-state index contributed by atoms with van der Waals surface area (Å²) in [6, 6.07) is 18.0. The highest BCUT2D eigenvalue weighted by molar-refractivity contribution is 9.10. The Kier molecular flexibility index (Phi) is 5.72. The molecule has 0 aliphatic carbocycles. The van der Waals surface area contributed by atoms with Gasteiger partial charge in [-0.3, -0.25) is 9.48 Å². The average molecular weight is 402 g/mol. The fraction of sp³-hybridized carbons (Fsp3) is 0.111. The van der Waals surface area contributed by atoms with E-state index < -0.39 is 0 Å². The summed E-state index contributed by atoms with van der Waals surface area (Å²) in [6.07, 6.45) is 3.51. The molecule has 1 N–H and O–H groups in total. The predicted molar refractivity (Wildman–Crippen MR) is 101 cm³/mol. The third-order valence-corrected chi connectivity index (χ3v) is 4.83. The fourth-order valence-corrected chi connectivity index (χ4v) is 3.14. The maximum absolute atomic E-state index is 12.0. The minimum Gasteiger partial charge on any atom is -0.323 e. The van der Waals surface area contributed by atoms with Crippen molar-refractivity contribution >= 4 is 39.3 Å². The van der Waals surface area contributed by atoms with Crippen LogP contribution in [0.15, 0.2) is 76.4 Å². The van der Waals surface area contributed by atoms with Crippen LogP contribution in [0.5, 0.6) is 0 Å². The molecule has 3 rings (SSSR count). The molecule has 0 aliphatic heterocycles. The van der Waals surface area contributed by atoms with Gasteiger partial charge in [0.2, 0.25) is 5.91 Å². The fourth-order valence-electron chi connectivity index (χ4n) is 2.15. The van der Waals surface area contributed by atoms with Crippen molar-refractivity contribution in [2.75, 3.05) is 11.1 Å². The lowest BCUT2D eigenvalue weighted by Crippen LogP contribution is -2.13. The lowest BCUT2D eigenvalue weighted by molar-refractivity contribution is -0.113. The lowest BCUT2D eigenvalue weighted by atomic mass is 10.2. The van der Waals surface area contributed by atoms with Gasteiger partial charge < -0.3 is 5.32 Å². The van der Waals surface area contributed by atoms with Gasteiger partial charge in [-0.2, -0.15) is 5.10 Å². The summed E-state index contributed by atoms with van der Waals surface area (Å²) < 4.78 is 2.86. The summed E-state index contributed by atoms with van der Waals surface area (Å²) in [5.41, 5.74) is 1.87. The number of carbonyl (C=O) groups is 1. The van der Waals surface area contributed by atoms with Crippen molar-refractivity contribution in [3.8, 4) is 0 Å². The number of hydrogen-bond donors (Lipinski definition) is 1. The second-order valence-electron chi connectivity index (χ2n) is 5.20. The molecule has 2 aromatic carbocycles. The van der Waals surface area contributed by atoms with Crippen LogP contribution in [0.4, 0.5) is 5.69 Å². The number of nitrogens with zero attached hydrogens (tertiary/aromatic N) is 2. The molecule has 0 spiro atoms. The van der Waals surface area contributed by atoms with E-state index in [1.165, 1.54) is 11.8 Å². The van der Waals surface area contributed by atoms with Gasteiger partial charge in [-0.25, -0.2) is 0 Å². The Morgan fingerprint density at radius 2 is 1.88 bits per heavy atom. The molecule has 0 radical (unpaired) electrons. The van der Waals surface area contributed by atoms with E-state index in [0.29, 0.717) is 18.0 Å². The van der Waals surface area contributed by atoms with Crippen molar-refractivity contribution in [1.29, 1.82) is 0 Å². The van der Waals surface area contributed by atoms with Gasteiger partial charge in [-0.15, -0.1) is 11.8 Å². The molecule has 0 atom stereocenters. The Morgan fingerprint density at radius 1 is 1.12 bits per heavy atom. The normalized spacial score (nSPS) is 10.5. The molecule has 0 aliphatic rings. The summed E-state index contributed by atoms with van der Waals surface area (Å²) in [5, 5.41) is 7.17. The second kappa shape index (κ2) is 8.17. The first-order chi connectivity index (χ1) is 11.7. The van der Waals surface area contributed by atoms with Gasteiger partial charge in [0, 0.05) is 15.6 Å². The van der Waals surface area contributed by atoms with E-state index in [2.05, 4.69) is 26.3 Å². The van der Waals surface area contributed by atoms with E-state index in [1.54, 1.807) is 6.20 Å². The van der Waals surface area contributed by atoms with Crippen LogP contribution in [0.2, 0.25) is 0 Å². The molecule has 4 nitrogen and oxygen atoms in total. The molecular formula is C18H16BrN3OS. The molecule has 6 heteroatoms. The number of nitrogens with one attached hydrogen (secondary N) is 1. The predicted octanol–water partition coefficient (Wildman–Crippen LogP) is 4.42. The molecule has 24 heavy (non-hydrogen) atoms. The number of aromatic nitrogens is 2. The molecule has 0 saturated heterocycles. The Bertz CT molecular complexity index is 803. The number of amides is 1. The first kappa shape index (κ1) is 16.8. The van der Waals surface area contributed by atoms with Gasteiger partial charge >= 0.3 is 0 Å². The summed E-state index contributed by atoms with van der Waals surface area (Å²) in [7, 11) is 0. The molecule has 0 saturated carbocycles. The van der Waals surface area contributed by atoms with E-state index in [4.69, 9.17) is 0 Å². The third-order valence-electron chi connectivity index (χ3n) is 3.29. The van der Waals surface area contributed by atoms with Gasteiger partial charge in [0.25, 0.3) is 0 Å². The highest BCUT2D eigenvalue weighted by Crippen LogP contribution is 2.17. The monoisotopic (exact) mass is 401 g/mol. The van der Waals surface area contributed by atoms with E-state index >= 15 is 0 Å². The molecule has 0 fully saturated rings. The SMILES string of the molecule is O=C(CSc1ccccc1)Nc1cnn(Cc2ccc(Br)cc2)c1. The van der Waals surface area contributed by atoms with E-state index in [-0.39, 0.29) is 5.91 Å². The molecule has 0 bridgehead atoms. The summed E-state index contributed by atoms with van der Waals surface area (Å²) in [6.45, 7) is 0.669. The number of hydrogen-bond acceptors (Lipinski definition) is 3. The van der Waals surface area contributed by atoms with Crippen LogP contribution in [0.25, 0.3) is 0 Å². The maximum atomic E-state index is 12.0. The Morgan fingerprint density at radius 3 is 2.62 bits per heavy atom. The van der Waals surface area contributed by atoms with Crippen LogP contribution in [0, 0.1) is 0 Å². The second-order valence-corrected chi connectivity index (χ2v) is 7.17. The largest absolute Gasteiger partial charge is 0.323 e. The Hall–Kier alpha value is -2.05. The highest BCUT2D eigenvalue weighted by atomic mass is 79.9. The van der Waals surface area contributed by atoms with Crippen LogP contribution in [0.1, 0.15) is 5.56 Å². The number of rotatable bonds is 6. The number of anilines is 1. The smallest absolute Gasteiger partial charge is 0.234 e. The molecule has 3 aromatic rings. The first-order valence-corrected chi connectivity index (χ1v) is 9.21. The molecule has 1 amide bonds. The van der Waals surface area contributed by atoms with Crippen LogP contribution in [-0.2, 0) is 11.3 Å². The van der Waals surface area contributed by atoms with Crippen molar-refractivity contribution in [1.82, 2.24) is 9.78 Å². The third kappa shape index (κ3) is 4.97. The summed E-state index contributed by atoms with van der Waals surface area (Å²) in [4.78, 5) is 13.1. The highest BCUT2D eigenvalue weighted by Gasteiger charge is 2.06. The number of thioether (sulfide) groups is 1. The van der Waals surface area contributed by atoms with Crippen molar-refractivity contribution in [2.24, 2.45) is 0 Å². The molecular weight excluding hydrogens is 386 g/mol. The van der Waals surface area contributed by atoms with Crippen LogP contribution in [-0.4, -0.2) is 21.4 Å². The van der Waals surface area contributed by atoms with E-state index in [9.17, 15) is 4.79 Å². The van der Waals surface area contributed by atoms with Crippen LogP contribution < -0.4 is 5.32 Å². The van der Waals surface area contributed by atoms with Crippen molar-refractivity contribution in [3.05, 3.63) is 77.0 Å². The first-order valence-electron chi connectivity index (χ1n) is 7.44. The van der Waals surface area contributed by atoms with Crippen molar-refractivity contribution < 1.29 is 4.79 Å². The zero-order valence-corrected chi connectivity index (χ0v) is 15.3. The standard InChI is InChI=1S/C18H16BrN3OS/c19-15-8-6-14(7-9-15)11-22-12-16(10-20-22)21-18(23)13-24-17-4-2-1-3-5-17/h1-10,12H,11,13H2,(H,21,23). The lowest BCUT2D eigenvalue weighted by Gasteiger charge is -2.03. The van der Waals surface area contributed by atoms with Crippen LogP contribution in [0.3, 0.4) is 0 Å². The Balaban J connectivity index is 1.51.